The predicted molar refractivity (Wildman–Crippen MR) is 63.7 cm³/mol. The summed E-state index contributed by atoms with van der Waals surface area (Å²) >= 11 is 5.90. The van der Waals surface area contributed by atoms with E-state index in [2.05, 4.69) is 0 Å². The molecule has 15 heavy (non-hydrogen) atoms. The molecule has 0 aliphatic carbocycles. The Bertz CT molecular complexity index is 331. The van der Waals surface area contributed by atoms with Crippen molar-refractivity contribution in [1.29, 1.82) is 0 Å². The molecule has 0 aliphatic heterocycles. The Morgan fingerprint density at radius 2 is 2.07 bits per heavy atom. The molecule has 0 spiro atoms. The lowest BCUT2D eigenvalue weighted by Crippen LogP contribution is -2.12. The largest absolute Gasteiger partial charge is 0.508 e. The average molecular weight is 252 g/mol. The predicted octanol–water partition coefficient (Wildman–Crippen LogP) is 2.16. The number of aryl methyl sites for hydroxylation is 1. The van der Waals surface area contributed by atoms with Crippen molar-refractivity contribution >= 4 is 24.0 Å². The molecule has 1 aromatic carbocycles. The highest BCUT2D eigenvalue weighted by molar-refractivity contribution is 6.31. The maximum atomic E-state index is 9.59. The third kappa shape index (κ3) is 3.54. The summed E-state index contributed by atoms with van der Waals surface area (Å²) in [6.07, 6.45) is 0.410. The fourth-order valence-corrected chi connectivity index (χ4v) is 1.45. The average Bonchev–Trinajstić information content (AvgIpc) is 2.11. The number of hydrogen-bond donors (Lipinski definition) is 3. The fraction of sp³-hybridized carbons (Fsp3) is 0.400. The van der Waals surface area contributed by atoms with Crippen molar-refractivity contribution in [2.45, 2.75) is 19.4 Å². The fourth-order valence-electron chi connectivity index (χ4n) is 1.27. The van der Waals surface area contributed by atoms with E-state index in [0.29, 0.717) is 17.0 Å². The number of aromatic hydroxyl groups is 1. The number of aliphatic hydroxyl groups excluding tert-OH is 1. The van der Waals surface area contributed by atoms with Crippen LogP contribution in [0.15, 0.2) is 12.1 Å². The highest BCUT2D eigenvalue weighted by atomic mass is 35.5. The van der Waals surface area contributed by atoms with Crippen LogP contribution in [0.1, 0.15) is 23.6 Å². The van der Waals surface area contributed by atoms with E-state index in [-0.39, 0.29) is 30.8 Å². The molecule has 0 amide bonds. The first kappa shape index (κ1) is 14.5. The molecule has 5 heteroatoms. The third-order valence-corrected chi connectivity index (χ3v) is 2.55. The first-order chi connectivity index (χ1) is 6.56. The number of phenols is 1. The topological polar surface area (TPSA) is 66.5 Å². The van der Waals surface area contributed by atoms with Crippen molar-refractivity contribution in [3.63, 3.8) is 0 Å². The second-order valence-electron chi connectivity index (χ2n) is 3.28. The maximum absolute atomic E-state index is 9.59. The molecule has 0 saturated heterocycles. The van der Waals surface area contributed by atoms with Crippen LogP contribution in [0.5, 0.6) is 5.75 Å². The number of phenolic OH excluding ortho intramolecular Hbond substituents is 1. The lowest BCUT2D eigenvalue weighted by Gasteiger charge is -2.13. The first-order valence-electron chi connectivity index (χ1n) is 4.41. The Balaban J connectivity index is 0.00000196. The van der Waals surface area contributed by atoms with Gasteiger partial charge in [-0.25, -0.2) is 0 Å². The van der Waals surface area contributed by atoms with Crippen LogP contribution in [0.2, 0.25) is 5.02 Å². The van der Waals surface area contributed by atoms with Gasteiger partial charge >= 0.3 is 0 Å². The van der Waals surface area contributed by atoms with Crippen LogP contribution in [0.25, 0.3) is 0 Å². The lowest BCUT2D eigenvalue weighted by atomic mass is 10.0. The zero-order valence-electron chi connectivity index (χ0n) is 8.40. The molecule has 1 unspecified atom stereocenters. The van der Waals surface area contributed by atoms with Crippen molar-refractivity contribution < 1.29 is 10.2 Å². The van der Waals surface area contributed by atoms with Gasteiger partial charge in [0.15, 0.2) is 0 Å². The molecule has 0 aliphatic rings. The molecule has 1 atom stereocenters. The molecule has 0 fully saturated rings. The molecular formula is C10H15Cl2NO2. The SMILES string of the molecule is Cc1cc(O)c(C(N)CCO)cc1Cl.Cl. The summed E-state index contributed by atoms with van der Waals surface area (Å²) in [5.41, 5.74) is 7.13. The van der Waals surface area contributed by atoms with E-state index < -0.39 is 0 Å². The Morgan fingerprint density at radius 3 is 2.60 bits per heavy atom. The Morgan fingerprint density at radius 1 is 1.47 bits per heavy atom. The van der Waals surface area contributed by atoms with Crippen molar-refractivity contribution in [1.82, 2.24) is 0 Å². The van der Waals surface area contributed by atoms with E-state index in [9.17, 15) is 5.11 Å². The van der Waals surface area contributed by atoms with E-state index in [1.807, 2.05) is 6.92 Å². The molecule has 0 heterocycles. The quantitative estimate of drug-likeness (QED) is 0.772. The van der Waals surface area contributed by atoms with Crippen LogP contribution in [-0.4, -0.2) is 16.8 Å². The molecule has 1 aromatic rings. The van der Waals surface area contributed by atoms with Gasteiger partial charge in [0.05, 0.1) is 0 Å². The smallest absolute Gasteiger partial charge is 0.120 e. The standard InChI is InChI=1S/C10H14ClNO2.ClH/c1-6-4-10(14)7(5-8(6)11)9(12)2-3-13;/h4-5,9,13-14H,2-3,12H2,1H3;1H. The number of nitrogens with two attached hydrogens (primary N) is 1. The van der Waals surface area contributed by atoms with Gasteiger partial charge in [0, 0.05) is 23.2 Å². The van der Waals surface area contributed by atoms with Crippen LogP contribution < -0.4 is 5.73 Å². The summed E-state index contributed by atoms with van der Waals surface area (Å²) in [5, 5.41) is 18.9. The summed E-state index contributed by atoms with van der Waals surface area (Å²) in [6, 6.07) is 2.85. The third-order valence-electron chi connectivity index (χ3n) is 2.15. The molecule has 86 valence electrons. The van der Waals surface area contributed by atoms with E-state index in [0.717, 1.165) is 5.56 Å². The summed E-state index contributed by atoms with van der Waals surface area (Å²) < 4.78 is 0. The van der Waals surface area contributed by atoms with Gasteiger partial charge in [-0.1, -0.05) is 11.6 Å². The van der Waals surface area contributed by atoms with Gasteiger partial charge in [-0.15, -0.1) is 12.4 Å². The highest BCUT2D eigenvalue weighted by Crippen LogP contribution is 2.30. The Hall–Kier alpha value is -0.480. The molecule has 0 saturated carbocycles. The Labute approximate surface area is 100 Å². The molecule has 0 radical (unpaired) electrons. The van der Waals surface area contributed by atoms with Crippen LogP contribution >= 0.6 is 24.0 Å². The summed E-state index contributed by atoms with van der Waals surface area (Å²) in [4.78, 5) is 0. The summed E-state index contributed by atoms with van der Waals surface area (Å²) in [5.74, 6) is 0.132. The minimum atomic E-state index is -0.377. The molecule has 3 nitrogen and oxygen atoms in total. The van der Waals surface area contributed by atoms with Gasteiger partial charge in [0.2, 0.25) is 0 Å². The zero-order valence-corrected chi connectivity index (χ0v) is 9.98. The van der Waals surface area contributed by atoms with Gasteiger partial charge in [0.25, 0.3) is 0 Å². The second kappa shape index (κ2) is 6.18. The van der Waals surface area contributed by atoms with E-state index in [1.165, 1.54) is 0 Å². The first-order valence-corrected chi connectivity index (χ1v) is 4.79. The minimum absolute atomic E-state index is 0. The van der Waals surface area contributed by atoms with Gasteiger partial charge in [-0.3, -0.25) is 0 Å². The van der Waals surface area contributed by atoms with Crippen molar-refractivity contribution in [2.75, 3.05) is 6.61 Å². The van der Waals surface area contributed by atoms with Gasteiger partial charge in [0.1, 0.15) is 5.75 Å². The van der Waals surface area contributed by atoms with Crippen LogP contribution in [0, 0.1) is 6.92 Å². The van der Waals surface area contributed by atoms with Crippen LogP contribution in [-0.2, 0) is 0 Å². The number of hydrogen-bond acceptors (Lipinski definition) is 3. The van der Waals surface area contributed by atoms with E-state index >= 15 is 0 Å². The van der Waals surface area contributed by atoms with Gasteiger partial charge in [-0.2, -0.15) is 0 Å². The lowest BCUT2D eigenvalue weighted by molar-refractivity contribution is 0.275. The van der Waals surface area contributed by atoms with Crippen molar-refractivity contribution in [3.05, 3.63) is 28.3 Å². The van der Waals surface area contributed by atoms with E-state index in [4.69, 9.17) is 22.4 Å². The number of aliphatic hydroxyl groups is 1. The van der Waals surface area contributed by atoms with Crippen LogP contribution in [0.4, 0.5) is 0 Å². The molecule has 0 bridgehead atoms. The van der Waals surface area contributed by atoms with Gasteiger partial charge < -0.3 is 15.9 Å². The molecule has 0 aromatic heterocycles. The summed E-state index contributed by atoms with van der Waals surface area (Å²) in [6.45, 7) is 1.80. The summed E-state index contributed by atoms with van der Waals surface area (Å²) in [7, 11) is 0. The number of rotatable bonds is 3. The minimum Gasteiger partial charge on any atom is -0.508 e. The molecular weight excluding hydrogens is 237 g/mol. The Kier molecular flexibility index (Phi) is 5.98. The second-order valence-corrected chi connectivity index (χ2v) is 3.69. The van der Waals surface area contributed by atoms with E-state index in [1.54, 1.807) is 12.1 Å². The van der Waals surface area contributed by atoms with Gasteiger partial charge in [-0.05, 0) is 31.0 Å². The maximum Gasteiger partial charge on any atom is 0.120 e. The monoisotopic (exact) mass is 251 g/mol. The molecule has 4 N–H and O–H groups in total. The molecule has 1 rings (SSSR count). The zero-order chi connectivity index (χ0) is 10.7. The number of halogens is 2. The van der Waals surface area contributed by atoms with Crippen LogP contribution in [0.3, 0.4) is 0 Å². The highest BCUT2D eigenvalue weighted by Gasteiger charge is 2.12. The normalized spacial score (nSPS) is 12.0. The van der Waals surface area contributed by atoms with Crippen molar-refractivity contribution in [2.24, 2.45) is 5.73 Å². The van der Waals surface area contributed by atoms with Crippen molar-refractivity contribution in [3.8, 4) is 5.75 Å². The number of benzene rings is 1.